The maximum atomic E-state index is 14.0. The highest BCUT2D eigenvalue weighted by molar-refractivity contribution is 9.10. The molecule has 0 radical (unpaired) electrons. The Balaban J connectivity index is 1.45. The first kappa shape index (κ1) is 17.6. The molecule has 3 heterocycles. The van der Waals surface area contributed by atoms with Gasteiger partial charge in [0.25, 0.3) is 0 Å². The van der Waals surface area contributed by atoms with Crippen LogP contribution in [0.5, 0.6) is 0 Å². The van der Waals surface area contributed by atoms with Crippen LogP contribution in [-0.4, -0.2) is 43.2 Å². The van der Waals surface area contributed by atoms with Gasteiger partial charge in [0.05, 0.1) is 0 Å². The first-order chi connectivity index (χ1) is 11.6. The lowest BCUT2D eigenvalue weighted by Crippen LogP contribution is -2.41. The Labute approximate surface area is 150 Å². The van der Waals surface area contributed by atoms with Crippen molar-refractivity contribution < 1.29 is 13.9 Å². The second kappa shape index (κ2) is 8.25. The number of carbonyl (C=O) groups excluding carboxylic acids is 1. The smallest absolute Gasteiger partial charge is 0.220 e. The van der Waals surface area contributed by atoms with E-state index >= 15 is 0 Å². The second-order valence-electron chi connectivity index (χ2n) is 6.55. The van der Waals surface area contributed by atoms with Gasteiger partial charge in [0.2, 0.25) is 5.91 Å². The minimum Gasteiger partial charge on any atom is -0.381 e. The second-order valence-corrected chi connectivity index (χ2v) is 7.46. The van der Waals surface area contributed by atoms with Crippen LogP contribution in [0.1, 0.15) is 32.1 Å². The van der Waals surface area contributed by atoms with E-state index in [0.717, 1.165) is 52.0 Å². The summed E-state index contributed by atoms with van der Waals surface area (Å²) in [5, 5.41) is 3.11. The van der Waals surface area contributed by atoms with Crippen molar-refractivity contribution in [2.45, 2.75) is 38.1 Å². The van der Waals surface area contributed by atoms with Crippen molar-refractivity contribution in [1.82, 2.24) is 10.3 Å². The Morgan fingerprint density at radius 2 is 2.04 bits per heavy atom. The number of pyridine rings is 1. The molecule has 0 spiro atoms. The molecule has 2 fully saturated rings. The molecule has 0 aliphatic carbocycles. The van der Waals surface area contributed by atoms with Crippen LogP contribution in [0.15, 0.2) is 16.7 Å². The van der Waals surface area contributed by atoms with Crippen molar-refractivity contribution in [3.63, 3.8) is 0 Å². The zero-order valence-electron chi connectivity index (χ0n) is 13.6. The Bertz CT molecular complexity index is 573. The monoisotopic (exact) mass is 399 g/mol. The molecule has 0 atom stereocenters. The summed E-state index contributed by atoms with van der Waals surface area (Å²) in [4.78, 5) is 18.3. The van der Waals surface area contributed by atoms with Gasteiger partial charge in [-0.05, 0) is 53.6 Å². The molecule has 1 N–H and O–H groups in total. The number of nitrogens with one attached hydrogen (secondary N) is 1. The van der Waals surface area contributed by atoms with Gasteiger partial charge in [-0.25, -0.2) is 9.37 Å². The molecule has 0 saturated carbocycles. The molecule has 3 rings (SSSR count). The number of anilines is 1. The van der Waals surface area contributed by atoms with E-state index in [-0.39, 0.29) is 17.8 Å². The average molecular weight is 400 g/mol. The zero-order valence-corrected chi connectivity index (χ0v) is 15.2. The molecule has 0 aromatic carbocycles. The summed E-state index contributed by atoms with van der Waals surface area (Å²) in [7, 11) is 0. The van der Waals surface area contributed by atoms with Crippen LogP contribution < -0.4 is 10.2 Å². The number of rotatable bonds is 4. The van der Waals surface area contributed by atoms with Crippen molar-refractivity contribution in [3.05, 3.63) is 22.6 Å². The van der Waals surface area contributed by atoms with Crippen molar-refractivity contribution in [3.8, 4) is 0 Å². The van der Waals surface area contributed by atoms with Crippen LogP contribution in [-0.2, 0) is 9.53 Å². The van der Waals surface area contributed by atoms with Crippen LogP contribution in [0.25, 0.3) is 0 Å². The molecule has 132 valence electrons. The van der Waals surface area contributed by atoms with Gasteiger partial charge in [0.15, 0.2) is 11.6 Å². The molecule has 1 aromatic rings. The predicted molar refractivity (Wildman–Crippen MR) is 93.4 cm³/mol. The number of piperidine rings is 1. The van der Waals surface area contributed by atoms with Gasteiger partial charge in [0.1, 0.15) is 0 Å². The fraction of sp³-hybridized carbons (Fsp3) is 0.647. The van der Waals surface area contributed by atoms with Gasteiger partial charge in [-0.3, -0.25) is 4.79 Å². The highest BCUT2D eigenvalue weighted by Gasteiger charge is 2.25. The summed E-state index contributed by atoms with van der Waals surface area (Å²) in [5.41, 5.74) is 0. The van der Waals surface area contributed by atoms with Crippen LogP contribution in [0.3, 0.4) is 0 Å². The molecule has 1 amide bonds. The molecule has 24 heavy (non-hydrogen) atoms. The highest BCUT2D eigenvalue weighted by atomic mass is 79.9. The summed E-state index contributed by atoms with van der Waals surface area (Å²) >= 11 is 3.22. The van der Waals surface area contributed by atoms with Crippen LogP contribution in [0, 0.1) is 11.7 Å². The Morgan fingerprint density at radius 3 is 2.71 bits per heavy atom. The molecular weight excluding hydrogens is 377 g/mol. The van der Waals surface area contributed by atoms with Gasteiger partial charge in [-0.2, -0.15) is 0 Å². The van der Waals surface area contributed by atoms with Crippen molar-refractivity contribution in [2.24, 2.45) is 5.92 Å². The average Bonchev–Trinajstić information content (AvgIpc) is 2.57. The highest BCUT2D eigenvalue weighted by Crippen LogP contribution is 2.27. The topological polar surface area (TPSA) is 54.5 Å². The molecule has 2 aliphatic heterocycles. The van der Waals surface area contributed by atoms with Gasteiger partial charge >= 0.3 is 0 Å². The van der Waals surface area contributed by atoms with Crippen molar-refractivity contribution >= 4 is 27.7 Å². The summed E-state index contributed by atoms with van der Waals surface area (Å²) in [5.74, 6) is 0.594. The normalized spacial score (nSPS) is 20.2. The summed E-state index contributed by atoms with van der Waals surface area (Å²) in [6, 6.07) is 1.70. The minimum absolute atomic E-state index is 0.133. The standard InChI is InChI=1S/C17H23BrFN3O2/c18-13-10-15(19)17(20-11-13)22-5-1-12(2-6-22)9-16(23)21-14-3-7-24-8-4-14/h10-12,14H,1-9H2,(H,21,23). The molecular formula is C17H23BrFN3O2. The third kappa shape index (κ3) is 4.66. The van der Waals surface area contributed by atoms with Gasteiger partial charge in [-0.15, -0.1) is 0 Å². The van der Waals surface area contributed by atoms with E-state index in [4.69, 9.17) is 4.74 Å². The lowest BCUT2D eigenvalue weighted by Gasteiger charge is -2.33. The molecule has 5 nitrogen and oxygen atoms in total. The first-order valence-corrected chi connectivity index (χ1v) is 9.34. The van der Waals surface area contributed by atoms with E-state index in [9.17, 15) is 9.18 Å². The number of nitrogens with zero attached hydrogens (tertiary/aromatic N) is 2. The molecule has 1 aromatic heterocycles. The van der Waals surface area contributed by atoms with Crippen molar-refractivity contribution in [2.75, 3.05) is 31.2 Å². The van der Waals surface area contributed by atoms with E-state index in [1.165, 1.54) is 6.07 Å². The lowest BCUT2D eigenvalue weighted by molar-refractivity contribution is -0.123. The Morgan fingerprint density at radius 1 is 1.33 bits per heavy atom. The minimum atomic E-state index is -0.305. The van der Waals surface area contributed by atoms with Crippen LogP contribution in [0.4, 0.5) is 10.2 Å². The quantitative estimate of drug-likeness (QED) is 0.845. The fourth-order valence-electron chi connectivity index (χ4n) is 3.38. The molecule has 2 aliphatic rings. The van der Waals surface area contributed by atoms with Crippen LogP contribution >= 0.6 is 15.9 Å². The number of carbonyl (C=O) groups is 1. The van der Waals surface area contributed by atoms with E-state index in [1.54, 1.807) is 6.20 Å². The van der Waals surface area contributed by atoms with Gasteiger partial charge in [-0.1, -0.05) is 0 Å². The van der Waals surface area contributed by atoms with Crippen LogP contribution in [0.2, 0.25) is 0 Å². The van der Waals surface area contributed by atoms with Gasteiger partial charge < -0.3 is 15.0 Å². The zero-order chi connectivity index (χ0) is 16.9. The molecule has 0 bridgehead atoms. The Kier molecular flexibility index (Phi) is 6.05. The first-order valence-electron chi connectivity index (χ1n) is 8.55. The number of aromatic nitrogens is 1. The summed E-state index contributed by atoms with van der Waals surface area (Å²) < 4.78 is 19.9. The van der Waals surface area contributed by atoms with E-state index < -0.39 is 0 Å². The summed E-state index contributed by atoms with van der Waals surface area (Å²) in [6.07, 6.45) is 5.75. The summed E-state index contributed by atoms with van der Waals surface area (Å²) in [6.45, 7) is 2.94. The maximum absolute atomic E-state index is 14.0. The molecule has 2 saturated heterocycles. The maximum Gasteiger partial charge on any atom is 0.220 e. The van der Waals surface area contributed by atoms with Gasteiger partial charge in [0, 0.05) is 49.4 Å². The fourth-order valence-corrected chi connectivity index (χ4v) is 3.68. The number of amides is 1. The van der Waals surface area contributed by atoms with E-state index in [1.807, 2.05) is 4.90 Å². The number of hydrogen-bond donors (Lipinski definition) is 1. The number of ether oxygens (including phenoxy) is 1. The number of halogens is 2. The molecule has 7 heteroatoms. The van der Waals surface area contributed by atoms with Crippen molar-refractivity contribution in [1.29, 1.82) is 0 Å². The van der Waals surface area contributed by atoms with E-state index in [2.05, 4.69) is 26.2 Å². The number of hydrogen-bond acceptors (Lipinski definition) is 4. The largest absolute Gasteiger partial charge is 0.381 e. The molecule has 0 unspecified atom stereocenters. The predicted octanol–water partition coefficient (Wildman–Crippen LogP) is 2.88. The lowest BCUT2D eigenvalue weighted by atomic mass is 9.93. The third-order valence-corrected chi connectivity index (χ3v) is 5.20. The SMILES string of the molecule is O=C(CC1CCN(c2ncc(Br)cc2F)CC1)NC1CCOCC1. The van der Waals surface area contributed by atoms with E-state index in [0.29, 0.717) is 22.6 Å². The Hall–Kier alpha value is -1.21. The third-order valence-electron chi connectivity index (χ3n) is 4.76.